The third kappa shape index (κ3) is 15.2. The van der Waals surface area contributed by atoms with Gasteiger partial charge < -0.3 is 45.9 Å². The largest absolute Gasteiger partial charge is 0.514 e. The molecule has 7 amide bonds. The van der Waals surface area contributed by atoms with Crippen LogP contribution >= 0.6 is 0 Å². The SMILES string of the molecule is CC(C)[C@H](NC(=O)COCCOCCN1C(=O)C=CC1=O)C(=O)N[C@@H](CCCNC(N)=O)C(=O)Nc1ccc(COC(=O)Oc2ccc([N+](=O)[O-])cc2)cc1. The molecule has 55 heavy (non-hydrogen) atoms. The number of nitro groups is 1. The van der Waals surface area contributed by atoms with Crippen LogP contribution in [0.2, 0.25) is 0 Å². The second kappa shape index (κ2) is 22.0. The number of imide groups is 1. The summed E-state index contributed by atoms with van der Waals surface area (Å²) < 4.78 is 20.8. The highest BCUT2D eigenvalue weighted by Crippen LogP contribution is 2.18. The number of nitrogens with one attached hydrogen (secondary N) is 4. The van der Waals surface area contributed by atoms with Gasteiger partial charge in [-0.25, -0.2) is 9.59 Å². The number of nitrogens with two attached hydrogens (primary N) is 1. The lowest BCUT2D eigenvalue weighted by molar-refractivity contribution is -0.384. The maximum Gasteiger partial charge on any atom is 0.514 e. The number of ether oxygens (including phenoxy) is 4. The molecule has 0 fully saturated rings. The van der Waals surface area contributed by atoms with Crippen molar-refractivity contribution in [3.05, 3.63) is 76.4 Å². The summed E-state index contributed by atoms with van der Waals surface area (Å²) in [6.07, 6.45) is 1.68. The number of non-ortho nitro benzene ring substituents is 1. The van der Waals surface area contributed by atoms with E-state index >= 15 is 0 Å². The molecule has 0 unspecified atom stereocenters. The van der Waals surface area contributed by atoms with Crippen LogP contribution < -0.4 is 31.7 Å². The molecule has 1 aliphatic heterocycles. The lowest BCUT2D eigenvalue weighted by atomic mass is 10.0. The number of hydrogen-bond donors (Lipinski definition) is 5. The Balaban J connectivity index is 1.48. The van der Waals surface area contributed by atoms with Gasteiger partial charge in [0.1, 0.15) is 31.0 Å². The summed E-state index contributed by atoms with van der Waals surface area (Å²) in [6.45, 7) is 3.25. The second-order valence-electron chi connectivity index (χ2n) is 12.2. The first kappa shape index (κ1) is 43.0. The Bertz CT molecular complexity index is 1700. The lowest BCUT2D eigenvalue weighted by Gasteiger charge is -2.25. The highest BCUT2D eigenvalue weighted by molar-refractivity contribution is 6.12. The normalized spacial score (nSPS) is 13.2. The first-order valence-corrected chi connectivity index (χ1v) is 17.0. The third-order valence-electron chi connectivity index (χ3n) is 7.66. The van der Waals surface area contributed by atoms with Crippen LogP contribution in [0, 0.1) is 16.0 Å². The molecule has 0 aliphatic carbocycles. The third-order valence-corrected chi connectivity index (χ3v) is 7.66. The van der Waals surface area contributed by atoms with Crippen molar-refractivity contribution in [3.63, 3.8) is 0 Å². The Morgan fingerprint density at radius 2 is 1.53 bits per heavy atom. The van der Waals surface area contributed by atoms with E-state index in [1.54, 1.807) is 38.1 Å². The average molecular weight is 770 g/mol. The molecule has 0 saturated heterocycles. The molecule has 2 aromatic rings. The lowest BCUT2D eigenvalue weighted by Crippen LogP contribution is -2.55. The van der Waals surface area contributed by atoms with Crippen LogP contribution in [0.4, 0.5) is 21.0 Å². The summed E-state index contributed by atoms with van der Waals surface area (Å²) in [5, 5.41) is 21.2. The van der Waals surface area contributed by atoms with Gasteiger partial charge in [-0.15, -0.1) is 0 Å². The van der Waals surface area contributed by atoms with Gasteiger partial charge in [-0.1, -0.05) is 26.0 Å². The van der Waals surface area contributed by atoms with Gasteiger partial charge in [0.25, 0.3) is 17.5 Å². The number of hydrogen-bond acceptors (Lipinski definition) is 13. The minimum Gasteiger partial charge on any atom is -0.429 e. The minimum absolute atomic E-state index is 0.0263. The summed E-state index contributed by atoms with van der Waals surface area (Å²) in [5.41, 5.74) is 5.85. The molecule has 0 bridgehead atoms. The van der Waals surface area contributed by atoms with E-state index in [0.29, 0.717) is 11.3 Å². The monoisotopic (exact) mass is 769 g/mol. The molecular formula is C35H43N7O13. The van der Waals surface area contributed by atoms with Crippen LogP contribution in [0.3, 0.4) is 0 Å². The van der Waals surface area contributed by atoms with E-state index in [2.05, 4.69) is 21.3 Å². The number of benzene rings is 2. The maximum absolute atomic E-state index is 13.4. The predicted octanol–water partition coefficient (Wildman–Crippen LogP) is 1.28. The molecule has 1 heterocycles. The van der Waals surface area contributed by atoms with Crippen LogP contribution in [0.25, 0.3) is 0 Å². The van der Waals surface area contributed by atoms with E-state index in [-0.39, 0.29) is 69.7 Å². The van der Waals surface area contributed by atoms with Crippen molar-refractivity contribution in [3.8, 4) is 5.75 Å². The molecule has 296 valence electrons. The van der Waals surface area contributed by atoms with Crippen LogP contribution in [-0.2, 0) is 44.8 Å². The topological polar surface area (TPSA) is 277 Å². The number of urea groups is 1. The van der Waals surface area contributed by atoms with Crippen molar-refractivity contribution in [2.24, 2.45) is 11.7 Å². The number of nitro benzene ring substituents is 1. The van der Waals surface area contributed by atoms with Gasteiger partial charge >= 0.3 is 12.2 Å². The fourth-order valence-electron chi connectivity index (χ4n) is 4.81. The summed E-state index contributed by atoms with van der Waals surface area (Å²) in [6, 6.07) is 8.22. The van der Waals surface area contributed by atoms with Crippen LogP contribution in [0.5, 0.6) is 5.75 Å². The van der Waals surface area contributed by atoms with Crippen molar-refractivity contribution in [1.82, 2.24) is 20.9 Å². The van der Waals surface area contributed by atoms with E-state index in [0.717, 1.165) is 4.90 Å². The summed E-state index contributed by atoms with van der Waals surface area (Å²) in [4.78, 5) is 96.9. The first-order chi connectivity index (χ1) is 26.2. The van der Waals surface area contributed by atoms with Crippen LogP contribution in [0.15, 0.2) is 60.7 Å². The summed E-state index contributed by atoms with van der Waals surface area (Å²) in [7, 11) is 0. The van der Waals surface area contributed by atoms with Gasteiger partial charge in [0.2, 0.25) is 17.7 Å². The van der Waals surface area contributed by atoms with Gasteiger partial charge in [-0.05, 0) is 48.6 Å². The Labute approximate surface area is 315 Å². The van der Waals surface area contributed by atoms with Gasteiger partial charge in [-0.2, -0.15) is 0 Å². The molecule has 6 N–H and O–H groups in total. The molecule has 0 aromatic heterocycles. The zero-order valence-electron chi connectivity index (χ0n) is 30.1. The van der Waals surface area contributed by atoms with Crippen molar-refractivity contribution in [1.29, 1.82) is 0 Å². The molecule has 20 nitrogen and oxygen atoms in total. The smallest absolute Gasteiger partial charge is 0.429 e. The molecule has 2 aromatic carbocycles. The number of rotatable bonds is 22. The zero-order chi connectivity index (χ0) is 40.3. The molecular weight excluding hydrogens is 726 g/mol. The second-order valence-corrected chi connectivity index (χ2v) is 12.2. The number of carbonyl (C=O) groups is 7. The quantitative estimate of drug-likeness (QED) is 0.0282. The van der Waals surface area contributed by atoms with Gasteiger partial charge in [0, 0.05) is 36.5 Å². The van der Waals surface area contributed by atoms with E-state index < -0.39 is 65.3 Å². The standard InChI is InChI=1S/C35H43N7O13/c1-22(2)31(40-28(43)21-53-19-18-52-17-16-41-29(44)13-14-30(41)45)33(47)39-27(4-3-15-37-34(36)48)32(46)38-24-7-5-23(6-8-24)20-54-35(49)55-26-11-9-25(10-12-26)42(50)51/h5-14,22,27,31H,3-4,15-21H2,1-2H3,(H,38,46)(H,39,47)(H,40,43)(H3,36,37,48)/t27-,31-/m0/s1. The van der Waals surface area contributed by atoms with Gasteiger partial charge in [-0.3, -0.25) is 39.0 Å². The van der Waals surface area contributed by atoms with E-state index in [1.165, 1.54) is 36.4 Å². The van der Waals surface area contributed by atoms with Crippen molar-refractivity contribution in [2.75, 3.05) is 44.8 Å². The zero-order valence-corrected chi connectivity index (χ0v) is 30.1. The summed E-state index contributed by atoms with van der Waals surface area (Å²) in [5.74, 6) is -2.99. The predicted molar refractivity (Wildman–Crippen MR) is 192 cm³/mol. The van der Waals surface area contributed by atoms with E-state index in [4.69, 9.17) is 24.7 Å². The average Bonchev–Trinajstić information content (AvgIpc) is 3.46. The molecule has 0 saturated carbocycles. The van der Waals surface area contributed by atoms with Crippen molar-refractivity contribution in [2.45, 2.75) is 45.4 Å². The van der Waals surface area contributed by atoms with E-state index in [9.17, 15) is 43.7 Å². The fraction of sp³-hybridized carbons (Fsp3) is 0.400. The molecule has 3 rings (SSSR count). The van der Waals surface area contributed by atoms with Crippen molar-refractivity contribution >= 4 is 53.1 Å². The van der Waals surface area contributed by atoms with Crippen molar-refractivity contribution < 1.29 is 57.4 Å². The van der Waals surface area contributed by atoms with E-state index in [1.807, 2.05) is 0 Å². The number of carbonyl (C=O) groups excluding carboxylic acids is 7. The molecule has 1 aliphatic rings. The highest BCUT2D eigenvalue weighted by Gasteiger charge is 2.29. The van der Waals surface area contributed by atoms with Crippen LogP contribution in [0.1, 0.15) is 32.3 Å². The Morgan fingerprint density at radius 3 is 2.15 bits per heavy atom. The van der Waals surface area contributed by atoms with Gasteiger partial charge in [0.05, 0.1) is 31.3 Å². The number of anilines is 1. The van der Waals surface area contributed by atoms with Crippen LogP contribution in [-0.4, -0.2) is 103 Å². The number of primary amides is 1. The fourth-order valence-corrected chi connectivity index (χ4v) is 4.81. The maximum atomic E-state index is 13.4. The molecule has 0 radical (unpaired) electrons. The number of amides is 7. The highest BCUT2D eigenvalue weighted by atomic mass is 16.7. The number of nitrogens with zero attached hydrogens (tertiary/aromatic N) is 2. The Kier molecular flexibility index (Phi) is 17.2. The minimum atomic E-state index is -1.09. The first-order valence-electron chi connectivity index (χ1n) is 17.0. The molecule has 20 heteroatoms. The Hall–Kier alpha value is -6.41. The van der Waals surface area contributed by atoms with Gasteiger partial charge in [0.15, 0.2) is 0 Å². The Morgan fingerprint density at radius 1 is 0.873 bits per heavy atom. The molecule has 0 spiro atoms. The molecule has 2 atom stereocenters. The summed E-state index contributed by atoms with van der Waals surface area (Å²) >= 11 is 0.